The van der Waals surface area contributed by atoms with Gasteiger partial charge in [0.15, 0.2) is 0 Å². The first kappa shape index (κ1) is 42.2. The molecule has 0 heteroatoms. The van der Waals surface area contributed by atoms with E-state index >= 15 is 0 Å². The molecule has 0 N–H and O–H groups in total. The van der Waals surface area contributed by atoms with Gasteiger partial charge < -0.3 is 0 Å². The maximum atomic E-state index is 2.31. The highest BCUT2D eigenvalue weighted by Crippen LogP contribution is 2.22. The molecule has 0 aliphatic rings. The second kappa shape index (κ2) is 23.3. The van der Waals surface area contributed by atoms with Crippen molar-refractivity contribution in [3.8, 4) is 0 Å². The minimum absolute atomic E-state index is 0. The molecule has 180 valence electrons. The molecule has 0 aromatic carbocycles. The normalized spacial score (nSPS) is 10.7. The van der Waals surface area contributed by atoms with Crippen molar-refractivity contribution in [3.63, 3.8) is 0 Å². The lowest BCUT2D eigenvalue weighted by Crippen LogP contribution is -2.03. The van der Waals surface area contributed by atoms with Crippen LogP contribution in [-0.4, -0.2) is 0 Å². The summed E-state index contributed by atoms with van der Waals surface area (Å²) in [6.45, 7) is 27.4. The molecule has 0 nitrogen and oxygen atoms in total. The molecule has 0 amide bonds. The predicted octanol–water partition coefficient (Wildman–Crippen LogP) is 12.0. The van der Waals surface area contributed by atoms with Gasteiger partial charge in [-0.25, -0.2) is 0 Å². The Balaban J connectivity index is -0.0000000620. The summed E-state index contributed by atoms with van der Waals surface area (Å²) in [7, 11) is 0. The maximum absolute atomic E-state index is 2.31. The van der Waals surface area contributed by atoms with Crippen molar-refractivity contribution in [1.82, 2.24) is 0 Å². The van der Waals surface area contributed by atoms with Crippen molar-refractivity contribution >= 4 is 0 Å². The van der Waals surface area contributed by atoms with Crippen LogP contribution in [0.5, 0.6) is 0 Å². The van der Waals surface area contributed by atoms with Gasteiger partial charge in [0.1, 0.15) is 0 Å². The zero-order valence-corrected chi connectivity index (χ0v) is 20.6. The molecule has 0 atom stereocenters. The zero-order chi connectivity index (χ0) is 20.6. The molecule has 0 spiro atoms. The van der Waals surface area contributed by atoms with Crippen LogP contribution in [0.4, 0.5) is 0 Å². The van der Waals surface area contributed by atoms with Crippen LogP contribution in [-0.2, 0) is 0 Å². The molecule has 0 fully saturated rings. The van der Waals surface area contributed by atoms with Gasteiger partial charge in [0, 0.05) is 0 Å². The van der Waals surface area contributed by atoms with Gasteiger partial charge in [-0.05, 0) is 35.5 Å². The third-order valence-electron chi connectivity index (χ3n) is 4.06. The third-order valence-corrected chi connectivity index (χ3v) is 4.06. The predicted molar refractivity (Wildman–Crippen MR) is 142 cm³/mol. The molecule has 0 aromatic heterocycles. The molecular weight excluding hydrogens is 336 g/mol. The second-order valence-corrected chi connectivity index (χ2v) is 11.3. The van der Waals surface area contributed by atoms with Crippen molar-refractivity contribution in [2.24, 2.45) is 16.2 Å². The fourth-order valence-electron chi connectivity index (χ4n) is 2.56. The fraction of sp³-hybridized carbons (Fsp3) is 1.00. The highest BCUT2D eigenvalue weighted by molar-refractivity contribution is 4.61. The first-order chi connectivity index (χ1) is 11.2. The van der Waals surface area contributed by atoms with E-state index in [1.165, 1.54) is 64.2 Å². The Bertz CT molecular complexity index is 221. The van der Waals surface area contributed by atoms with Crippen molar-refractivity contribution in [1.29, 1.82) is 0 Å². The molecule has 0 aromatic rings. The summed E-state index contributed by atoms with van der Waals surface area (Å²) in [5.74, 6) is 0. The van der Waals surface area contributed by atoms with Crippen LogP contribution in [0.25, 0.3) is 0 Å². The Morgan fingerprint density at radius 1 is 0.357 bits per heavy atom. The Kier molecular flexibility index (Phi) is 35.1. The zero-order valence-electron chi connectivity index (χ0n) is 20.6. The van der Waals surface area contributed by atoms with Gasteiger partial charge in [0.2, 0.25) is 0 Å². The summed E-state index contributed by atoms with van der Waals surface area (Å²) in [6, 6.07) is 0. The largest absolute Gasteiger partial charge is 0.0776 e. The van der Waals surface area contributed by atoms with Crippen LogP contribution in [0.15, 0.2) is 0 Å². The summed E-state index contributed by atoms with van der Waals surface area (Å²) in [5, 5.41) is 0. The van der Waals surface area contributed by atoms with Crippen molar-refractivity contribution in [2.45, 2.75) is 170 Å². The standard InChI is InChI=1S/2C9H20.C7H16.3CH4/c2*1-5-6-7-8-9(2,3)4;1-5-6-7(2,3)4;;;/h2*5-8H2,1-4H3;5-6H2,1-4H3;3*1H4. The molecule has 28 heavy (non-hydrogen) atoms. The van der Waals surface area contributed by atoms with Crippen LogP contribution in [0, 0.1) is 16.2 Å². The average molecular weight is 405 g/mol. The number of unbranched alkanes of at least 4 members (excludes halogenated alkanes) is 4. The van der Waals surface area contributed by atoms with Gasteiger partial charge in [-0.2, -0.15) is 0 Å². The van der Waals surface area contributed by atoms with Gasteiger partial charge in [-0.15, -0.1) is 0 Å². The van der Waals surface area contributed by atoms with E-state index in [1.54, 1.807) is 0 Å². The smallest absolute Gasteiger partial charge is 0.0383 e. The molecule has 0 aliphatic carbocycles. The average Bonchev–Trinajstić information content (AvgIpc) is 2.36. The Morgan fingerprint density at radius 2 is 0.607 bits per heavy atom. The molecule has 0 saturated heterocycles. The number of hydrogen-bond donors (Lipinski definition) is 0. The van der Waals surface area contributed by atoms with Gasteiger partial charge in [0.25, 0.3) is 0 Å². The Labute approximate surface area is 186 Å². The van der Waals surface area contributed by atoms with Gasteiger partial charge in [-0.1, -0.05) is 150 Å². The Morgan fingerprint density at radius 3 is 0.714 bits per heavy atom. The molecule has 0 aliphatic heterocycles. The second-order valence-electron chi connectivity index (χ2n) is 11.3. The lowest BCUT2D eigenvalue weighted by Gasteiger charge is -2.16. The highest BCUT2D eigenvalue weighted by atomic mass is 14.1. The number of hydrogen-bond acceptors (Lipinski definition) is 0. The van der Waals surface area contributed by atoms with Gasteiger partial charge in [-0.3, -0.25) is 0 Å². The van der Waals surface area contributed by atoms with Gasteiger partial charge in [0.05, 0.1) is 0 Å². The topological polar surface area (TPSA) is 0 Å². The van der Waals surface area contributed by atoms with E-state index in [4.69, 9.17) is 0 Å². The summed E-state index contributed by atoms with van der Waals surface area (Å²) >= 11 is 0. The summed E-state index contributed by atoms with van der Waals surface area (Å²) in [4.78, 5) is 0. The fourth-order valence-corrected chi connectivity index (χ4v) is 2.56. The lowest BCUT2D eigenvalue weighted by molar-refractivity contribution is 0.359. The van der Waals surface area contributed by atoms with E-state index in [1.807, 2.05) is 0 Å². The molecule has 0 radical (unpaired) electrons. The molecular formula is C28H68. The van der Waals surface area contributed by atoms with E-state index in [0.29, 0.717) is 16.2 Å². The minimum Gasteiger partial charge on any atom is -0.0776 e. The summed E-state index contributed by atoms with van der Waals surface area (Å²) in [5.41, 5.74) is 1.65. The van der Waals surface area contributed by atoms with Crippen molar-refractivity contribution < 1.29 is 0 Å². The van der Waals surface area contributed by atoms with Crippen LogP contribution >= 0.6 is 0 Å². The third kappa shape index (κ3) is 63.5. The van der Waals surface area contributed by atoms with Crippen molar-refractivity contribution in [2.75, 3.05) is 0 Å². The van der Waals surface area contributed by atoms with Crippen LogP contribution < -0.4 is 0 Å². The molecule has 0 rings (SSSR count). The first-order valence-corrected chi connectivity index (χ1v) is 11.2. The SMILES string of the molecule is C.C.C.CCCC(C)(C)C.CCCCCC(C)(C)C.CCCCCC(C)(C)C. The van der Waals surface area contributed by atoms with Gasteiger partial charge >= 0.3 is 0 Å². The monoisotopic (exact) mass is 405 g/mol. The molecule has 0 bridgehead atoms. The van der Waals surface area contributed by atoms with E-state index in [9.17, 15) is 0 Å². The van der Waals surface area contributed by atoms with Crippen LogP contribution in [0.1, 0.15) is 170 Å². The van der Waals surface area contributed by atoms with E-state index < -0.39 is 0 Å². The van der Waals surface area contributed by atoms with Crippen LogP contribution in [0.3, 0.4) is 0 Å². The van der Waals surface area contributed by atoms with Crippen molar-refractivity contribution in [3.05, 3.63) is 0 Å². The van der Waals surface area contributed by atoms with E-state index in [0.717, 1.165) is 0 Å². The summed E-state index contributed by atoms with van der Waals surface area (Å²) < 4.78 is 0. The quantitative estimate of drug-likeness (QED) is 0.370. The first-order valence-electron chi connectivity index (χ1n) is 11.2. The van der Waals surface area contributed by atoms with Crippen LogP contribution in [0.2, 0.25) is 0 Å². The summed E-state index contributed by atoms with van der Waals surface area (Å²) in [6.07, 6.45) is 13.7. The highest BCUT2D eigenvalue weighted by Gasteiger charge is 2.08. The number of rotatable bonds is 7. The van der Waals surface area contributed by atoms with E-state index in [2.05, 4.69) is 83.1 Å². The molecule has 0 heterocycles. The Hall–Kier alpha value is 0. The molecule has 0 unspecified atom stereocenters. The minimum atomic E-state index is 0. The van der Waals surface area contributed by atoms with E-state index in [-0.39, 0.29) is 22.3 Å². The molecule has 0 saturated carbocycles. The lowest BCUT2D eigenvalue weighted by atomic mass is 9.90. The maximum Gasteiger partial charge on any atom is -0.0383 e.